The van der Waals surface area contributed by atoms with Gasteiger partial charge in [0.1, 0.15) is 10.7 Å². The van der Waals surface area contributed by atoms with Crippen LogP contribution in [0.25, 0.3) is 0 Å². The average molecular weight is 484 g/mol. The highest BCUT2D eigenvalue weighted by molar-refractivity contribution is 7.87. The highest BCUT2D eigenvalue weighted by atomic mass is 32.2. The van der Waals surface area contributed by atoms with Gasteiger partial charge in [-0.15, -0.1) is 0 Å². The minimum Gasteiger partial charge on any atom is -0.493 e. The van der Waals surface area contributed by atoms with E-state index < -0.39 is 15.9 Å². The van der Waals surface area contributed by atoms with E-state index >= 15 is 0 Å². The van der Waals surface area contributed by atoms with Crippen LogP contribution >= 0.6 is 0 Å². The molecule has 0 amide bonds. The maximum absolute atomic E-state index is 13.6. The SMILES string of the molecule is COc1cc2c(cc1OS(=O)(=O)c1cccc(F)c1)CN1CCc3cc4c(cc3C1C2)OCO4. The molecule has 3 aromatic rings. The van der Waals surface area contributed by atoms with Crippen LogP contribution in [0.4, 0.5) is 4.39 Å². The van der Waals surface area contributed by atoms with Crippen molar-refractivity contribution in [2.24, 2.45) is 0 Å². The minimum atomic E-state index is -4.22. The maximum atomic E-state index is 13.6. The zero-order valence-electron chi connectivity index (χ0n) is 18.4. The molecule has 1 unspecified atom stereocenters. The Labute approximate surface area is 196 Å². The molecule has 3 aromatic carbocycles. The van der Waals surface area contributed by atoms with Crippen LogP contribution in [0.15, 0.2) is 53.4 Å². The van der Waals surface area contributed by atoms with Crippen molar-refractivity contribution in [1.29, 1.82) is 0 Å². The molecule has 0 aliphatic carbocycles. The number of halogens is 1. The molecule has 3 aliphatic heterocycles. The van der Waals surface area contributed by atoms with Crippen molar-refractivity contribution in [2.45, 2.75) is 30.3 Å². The molecule has 0 saturated heterocycles. The van der Waals surface area contributed by atoms with Crippen LogP contribution in [0.2, 0.25) is 0 Å². The van der Waals surface area contributed by atoms with Crippen LogP contribution in [0.1, 0.15) is 28.3 Å². The third-order valence-corrected chi connectivity index (χ3v) is 7.89. The predicted molar refractivity (Wildman–Crippen MR) is 120 cm³/mol. The summed E-state index contributed by atoms with van der Waals surface area (Å²) in [7, 11) is -2.76. The molecule has 0 bridgehead atoms. The van der Waals surface area contributed by atoms with Crippen molar-refractivity contribution in [3.8, 4) is 23.0 Å². The van der Waals surface area contributed by atoms with Gasteiger partial charge in [-0.05, 0) is 77.6 Å². The van der Waals surface area contributed by atoms with Gasteiger partial charge in [0.2, 0.25) is 6.79 Å². The number of nitrogens with zero attached hydrogens (tertiary/aromatic N) is 1. The van der Waals surface area contributed by atoms with Crippen molar-refractivity contribution in [3.05, 3.63) is 76.6 Å². The van der Waals surface area contributed by atoms with E-state index in [1.165, 1.54) is 36.4 Å². The molecule has 0 spiro atoms. The Balaban J connectivity index is 1.34. The standard InChI is InChI=1S/C25H22FNO6S/c1-30-22-9-16-7-21-20-12-24-23(31-14-32-24)8-15(20)5-6-27(21)13-17(16)10-25(22)33-34(28,29)19-4-2-3-18(26)11-19/h2-4,8-12,21H,5-7,13-14H2,1H3. The number of methoxy groups -OCH3 is 1. The molecule has 0 aromatic heterocycles. The Morgan fingerprint density at radius 3 is 2.59 bits per heavy atom. The first-order valence-corrected chi connectivity index (χ1v) is 12.4. The molecule has 0 radical (unpaired) electrons. The van der Waals surface area contributed by atoms with E-state index in [2.05, 4.69) is 17.0 Å². The van der Waals surface area contributed by atoms with Crippen LogP contribution in [0.5, 0.6) is 23.0 Å². The fourth-order valence-electron chi connectivity index (χ4n) is 4.99. The van der Waals surface area contributed by atoms with Crippen LogP contribution < -0.4 is 18.4 Å². The summed E-state index contributed by atoms with van der Waals surface area (Å²) in [6, 6.07) is 12.6. The van der Waals surface area contributed by atoms with E-state index in [0.29, 0.717) is 12.3 Å². The number of hydrogen-bond donors (Lipinski definition) is 0. The molecule has 0 saturated carbocycles. The number of benzene rings is 3. The number of rotatable bonds is 4. The van der Waals surface area contributed by atoms with Crippen LogP contribution in [-0.4, -0.2) is 33.8 Å². The summed E-state index contributed by atoms with van der Waals surface area (Å²) in [6.45, 7) is 1.77. The fourth-order valence-corrected chi connectivity index (χ4v) is 5.96. The summed E-state index contributed by atoms with van der Waals surface area (Å²) in [5.41, 5.74) is 4.54. The topological polar surface area (TPSA) is 74.3 Å². The summed E-state index contributed by atoms with van der Waals surface area (Å²) < 4.78 is 61.1. The van der Waals surface area contributed by atoms with Crippen molar-refractivity contribution in [3.63, 3.8) is 0 Å². The predicted octanol–water partition coefficient (Wildman–Crippen LogP) is 3.99. The fraction of sp³-hybridized carbons (Fsp3) is 0.280. The van der Waals surface area contributed by atoms with Gasteiger partial charge in [-0.1, -0.05) is 6.07 Å². The molecule has 7 nitrogen and oxygen atoms in total. The Morgan fingerprint density at radius 1 is 1.00 bits per heavy atom. The third kappa shape index (κ3) is 3.56. The maximum Gasteiger partial charge on any atom is 0.339 e. The van der Waals surface area contributed by atoms with Crippen LogP contribution in [-0.2, 0) is 29.5 Å². The molecule has 34 heavy (non-hydrogen) atoms. The van der Waals surface area contributed by atoms with E-state index in [4.69, 9.17) is 18.4 Å². The molecular formula is C25H22FNO6S. The molecule has 1 atom stereocenters. The van der Waals surface area contributed by atoms with E-state index in [0.717, 1.165) is 48.1 Å². The lowest BCUT2D eigenvalue weighted by molar-refractivity contribution is 0.160. The van der Waals surface area contributed by atoms with E-state index in [1.807, 2.05) is 6.07 Å². The van der Waals surface area contributed by atoms with Crippen molar-refractivity contribution in [1.82, 2.24) is 4.90 Å². The molecule has 9 heteroatoms. The number of ether oxygens (including phenoxy) is 3. The molecule has 3 heterocycles. The lowest BCUT2D eigenvalue weighted by Crippen LogP contribution is -2.39. The number of fused-ring (bicyclic) bond motifs is 5. The van der Waals surface area contributed by atoms with E-state index in [1.54, 1.807) is 6.07 Å². The first-order valence-electron chi connectivity index (χ1n) is 11.0. The van der Waals surface area contributed by atoms with Crippen molar-refractivity contribution < 1.29 is 31.2 Å². The summed E-state index contributed by atoms with van der Waals surface area (Å²) in [5, 5.41) is 0. The van der Waals surface area contributed by atoms with Gasteiger partial charge >= 0.3 is 10.1 Å². The largest absolute Gasteiger partial charge is 0.493 e. The lowest BCUT2D eigenvalue weighted by Gasteiger charge is -2.41. The quantitative estimate of drug-likeness (QED) is 0.520. The van der Waals surface area contributed by atoms with E-state index in [-0.39, 0.29) is 23.5 Å². The molecule has 0 fully saturated rings. The normalized spacial score (nSPS) is 18.6. The van der Waals surface area contributed by atoms with Crippen molar-refractivity contribution >= 4 is 10.1 Å². The molecule has 176 valence electrons. The zero-order chi connectivity index (χ0) is 23.4. The highest BCUT2D eigenvalue weighted by Gasteiger charge is 2.35. The van der Waals surface area contributed by atoms with Gasteiger partial charge in [0, 0.05) is 19.1 Å². The van der Waals surface area contributed by atoms with Crippen molar-refractivity contribution in [2.75, 3.05) is 20.4 Å². The average Bonchev–Trinajstić information content (AvgIpc) is 3.28. The Hall–Kier alpha value is -3.30. The molecule has 6 rings (SSSR count). The first-order chi connectivity index (χ1) is 16.4. The molecule has 0 N–H and O–H groups in total. The van der Waals surface area contributed by atoms with Gasteiger partial charge in [-0.25, -0.2) is 4.39 Å². The monoisotopic (exact) mass is 483 g/mol. The Morgan fingerprint density at radius 2 is 1.79 bits per heavy atom. The second-order valence-corrected chi connectivity index (χ2v) is 10.2. The zero-order valence-corrected chi connectivity index (χ0v) is 19.2. The summed E-state index contributed by atoms with van der Waals surface area (Å²) in [6.07, 6.45) is 1.64. The van der Waals surface area contributed by atoms with Gasteiger partial charge < -0.3 is 18.4 Å². The van der Waals surface area contributed by atoms with Crippen LogP contribution in [0, 0.1) is 5.82 Å². The van der Waals surface area contributed by atoms with Gasteiger partial charge in [0.05, 0.1) is 7.11 Å². The summed E-state index contributed by atoms with van der Waals surface area (Å²) >= 11 is 0. The van der Waals surface area contributed by atoms with E-state index in [9.17, 15) is 12.8 Å². The third-order valence-electron chi connectivity index (χ3n) is 6.66. The van der Waals surface area contributed by atoms with Crippen LogP contribution in [0.3, 0.4) is 0 Å². The highest BCUT2D eigenvalue weighted by Crippen LogP contribution is 2.45. The second-order valence-electron chi connectivity index (χ2n) is 8.61. The van der Waals surface area contributed by atoms with Gasteiger partial charge in [-0.2, -0.15) is 8.42 Å². The Bertz CT molecular complexity index is 1410. The molecular weight excluding hydrogens is 461 g/mol. The Kier molecular flexibility index (Phi) is 4.93. The van der Waals surface area contributed by atoms with Gasteiger partial charge in [0.25, 0.3) is 0 Å². The summed E-state index contributed by atoms with van der Waals surface area (Å²) in [4.78, 5) is 2.13. The summed E-state index contributed by atoms with van der Waals surface area (Å²) in [5.74, 6) is 1.32. The lowest BCUT2D eigenvalue weighted by atomic mass is 9.83. The smallest absolute Gasteiger partial charge is 0.339 e. The van der Waals surface area contributed by atoms with Gasteiger partial charge in [0.15, 0.2) is 23.0 Å². The second kappa shape index (κ2) is 7.89. The minimum absolute atomic E-state index is 0.0877. The first kappa shape index (κ1) is 21.2. The van der Waals surface area contributed by atoms with Gasteiger partial charge in [-0.3, -0.25) is 4.90 Å². The molecule has 3 aliphatic rings. The number of hydrogen-bond acceptors (Lipinski definition) is 7.